The summed E-state index contributed by atoms with van der Waals surface area (Å²) in [6.45, 7) is 2.05. The maximum Gasteiger partial charge on any atom is 0.417 e. The summed E-state index contributed by atoms with van der Waals surface area (Å²) in [5.74, 6) is -0.562. The van der Waals surface area contributed by atoms with Crippen LogP contribution in [0.5, 0.6) is 5.88 Å². The molecule has 0 saturated carbocycles. The Hall–Kier alpha value is -3.42. The second-order valence-corrected chi connectivity index (χ2v) is 6.27. The zero-order valence-corrected chi connectivity index (χ0v) is 15.5. The van der Waals surface area contributed by atoms with Gasteiger partial charge in [0, 0.05) is 11.6 Å². The molecule has 0 aliphatic carbocycles. The normalized spacial score (nSPS) is 11.2. The Morgan fingerprint density at radius 1 is 1.00 bits per heavy atom. The Kier molecular flexibility index (Phi) is 6.11. The topological polar surface area (TPSA) is 64.1 Å². The van der Waals surface area contributed by atoms with Gasteiger partial charge in [-0.3, -0.25) is 4.79 Å². The molecular weight excluding hydrogens is 383 g/mol. The number of nitrogens with one attached hydrogen (secondary N) is 1. The lowest BCUT2D eigenvalue weighted by Crippen LogP contribution is -2.30. The van der Waals surface area contributed by atoms with Crippen LogP contribution in [0.1, 0.15) is 21.5 Å². The van der Waals surface area contributed by atoms with Crippen molar-refractivity contribution in [2.24, 2.45) is 0 Å². The summed E-state index contributed by atoms with van der Waals surface area (Å²) in [7, 11) is 0. The molecule has 0 atom stereocenters. The van der Waals surface area contributed by atoms with E-state index < -0.39 is 23.2 Å². The molecule has 150 valence electrons. The number of benzene rings is 2. The molecule has 29 heavy (non-hydrogen) atoms. The van der Waals surface area contributed by atoms with Gasteiger partial charge in [0.15, 0.2) is 0 Å². The molecule has 0 aliphatic heterocycles. The van der Waals surface area contributed by atoms with Crippen LogP contribution < -0.4 is 10.1 Å². The molecule has 1 amide bonds. The largest absolute Gasteiger partial charge is 0.475 e. The monoisotopic (exact) mass is 401 g/mol. The highest BCUT2D eigenvalue weighted by Gasteiger charge is 2.34. The highest BCUT2D eigenvalue weighted by Crippen LogP contribution is 2.31. The second kappa shape index (κ2) is 8.72. The third kappa shape index (κ3) is 5.31. The Morgan fingerprint density at radius 3 is 2.38 bits per heavy atom. The first-order valence-electron chi connectivity index (χ1n) is 8.82. The second-order valence-electron chi connectivity index (χ2n) is 6.27. The highest BCUT2D eigenvalue weighted by molar-refractivity contribution is 5.95. The number of carbonyl (C=O) groups excluding carboxylic acids is 1. The summed E-state index contributed by atoms with van der Waals surface area (Å²) in [6.07, 6.45) is -4.60. The number of aromatic nitrogens is 2. The minimum Gasteiger partial charge on any atom is -0.475 e. The van der Waals surface area contributed by atoms with Crippen molar-refractivity contribution < 1.29 is 22.7 Å². The Morgan fingerprint density at radius 2 is 1.72 bits per heavy atom. The van der Waals surface area contributed by atoms with Gasteiger partial charge in [-0.1, -0.05) is 42.0 Å². The van der Waals surface area contributed by atoms with Crippen molar-refractivity contribution in [1.29, 1.82) is 0 Å². The minimum atomic E-state index is -4.60. The number of nitrogens with zero attached hydrogens (tertiary/aromatic N) is 2. The summed E-state index contributed by atoms with van der Waals surface area (Å²) in [5, 5.41) is 10.5. The highest BCUT2D eigenvalue weighted by atomic mass is 19.4. The molecule has 1 aromatic heterocycles. The molecule has 1 N–H and O–H groups in total. The van der Waals surface area contributed by atoms with Gasteiger partial charge in [0.25, 0.3) is 5.91 Å². The van der Waals surface area contributed by atoms with E-state index in [4.69, 9.17) is 4.74 Å². The molecule has 3 aromatic rings. The quantitative estimate of drug-likeness (QED) is 0.627. The number of ether oxygens (including phenoxy) is 1. The van der Waals surface area contributed by atoms with Crippen LogP contribution in [0.2, 0.25) is 0 Å². The number of hydrogen-bond acceptors (Lipinski definition) is 4. The van der Waals surface area contributed by atoms with Crippen molar-refractivity contribution >= 4 is 5.91 Å². The third-order valence-electron chi connectivity index (χ3n) is 4.10. The molecule has 0 fully saturated rings. The summed E-state index contributed by atoms with van der Waals surface area (Å²) < 4.78 is 44.3. The van der Waals surface area contributed by atoms with Crippen LogP contribution in [0.15, 0.2) is 60.7 Å². The summed E-state index contributed by atoms with van der Waals surface area (Å²) in [4.78, 5) is 12.1. The van der Waals surface area contributed by atoms with Gasteiger partial charge in [0.2, 0.25) is 5.88 Å². The van der Waals surface area contributed by atoms with Gasteiger partial charge in [-0.2, -0.15) is 13.2 Å². The number of alkyl halides is 3. The Labute approximate surface area is 165 Å². The van der Waals surface area contributed by atoms with Crippen LogP contribution in [0, 0.1) is 6.92 Å². The first-order chi connectivity index (χ1) is 13.8. The molecule has 8 heteroatoms. The van der Waals surface area contributed by atoms with Crippen LogP contribution in [-0.4, -0.2) is 29.3 Å². The van der Waals surface area contributed by atoms with E-state index >= 15 is 0 Å². The Balaban J connectivity index is 1.52. The smallest absolute Gasteiger partial charge is 0.417 e. The molecule has 3 rings (SSSR count). The van der Waals surface area contributed by atoms with E-state index in [1.165, 1.54) is 12.1 Å². The molecule has 1 heterocycles. The van der Waals surface area contributed by atoms with E-state index in [9.17, 15) is 18.0 Å². The molecule has 0 aliphatic rings. The van der Waals surface area contributed by atoms with Crippen LogP contribution in [0.25, 0.3) is 11.3 Å². The van der Waals surface area contributed by atoms with Gasteiger partial charge in [-0.05, 0) is 25.1 Å². The molecule has 0 spiro atoms. The zero-order chi connectivity index (χ0) is 20.9. The summed E-state index contributed by atoms with van der Waals surface area (Å²) in [6, 6.07) is 15.8. The van der Waals surface area contributed by atoms with Gasteiger partial charge in [-0.15, -0.1) is 10.2 Å². The lowest BCUT2D eigenvalue weighted by atomic mass is 10.1. The van der Waals surface area contributed by atoms with E-state index in [-0.39, 0.29) is 19.0 Å². The first kappa shape index (κ1) is 20.3. The zero-order valence-electron chi connectivity index (χ0n) is 15.5. The van der Waals surface area contributed by atoms with Crippen molar-refractivity contribution in [1.82, 2.24) is 15.5 Å². The van der Waals surface area contributed by atoms with Crippen LogP contribution in [0.3, 0.4) is 0 Å². The first-order valence-corrected chi connectivity index (χ1v) is 8.82. The SMILES string of the molecule is Cc1ccc(-c2ccc(OCCNC(=O)c3ccccc3C(F)(F)F)nn2)cc1. The summed E-state index contributed by atoms with van der Waals surface area (Å²) in [5.41, 5.74) is 1.35. The number of amides is 1. The maximum absolute atomic E-state index is 13.0. The Bertz CT molecular complexity index is 972. The van der Waals surface area contributed by atoms with Gasteiger partial charge >= 0.3 is 6.18 Å². The van der Waals surface area contributed by atoms with Gasteiger partial charge in [0.1, 0.15) is 6.61 Å². The molecule has 0 bridgehead atoms. The van der Waals surface area contributed by atoms with E-state index in [1.54, 1.807) is 12.1 Å². The minimum absolute atomic E-state index is 0.0203. The van der Waals surface area contributed by atoms with Gasteiger partial charge in [-0.25, -0.2) is 0 Å². The van der Waals surface area contributed by atoms with Crippen molar-refractivity contribution in [3.63, 3.8) is 0 Å². The fraction of sp³-hybridized carbons (Fsp3) is 0.190. The van der Waals surface area contributed by atoms with Crippen molar-refractivity contribution in [2.45, 2.75) is 13.1 Å². The summed E-state index contributed by atoms with van der Waals surface area (Å²) >= 11 is 0. The molecule has 0 radical (unpaired) electrons. The third-order valence-corrected chi connectivity index (χ3v) is 4.10. The number of rotatable bonds is 6. The van der Waals surface area contributed by atoms with Crippen LogP contribution in [-0.2, 0) is 6.18 Å². The fourth-order valence-corrected chi connectivity index (χ4v) is 2.62. The predicted octanol–water partition coefficient (Wildman–Crippen LogP) is 4.28. The fourth-order valence-electron chi connectivity index (χ4n) is 2.62. The molecule has 0 saturated heterocycles. The lowest BCUT2D eigenvalue weighted by molar-refractivity contribution is -0.137. The predicted molar refractivity (Wildman–Crippen MR) is 101 cm³/mol. The van der Waals surface area contributed by atoms with E-state index in [1.807, 2.05) is 31.2 Å². The van der Waals surface area contributed by atoms with Crippen molar-refractivity contribution in [3.8, 4) is 17.1 Å². The average molecular weight is 401 g/mol. The molecule has 0 unspecified atom stereocenters. The van der Waals surface area contributed by atoms with E-state index in [0.717, 1.165) is 23.3 Å². The number of hydrogen-bond donors (Lipinski definition) is 1. The molecular formula is C21H18F3N3O2. The van der Waals surface area contributed by atoms with Crippen molar-refractivity contribution in [3.05, 3.63) is 77.4 Å². The van der Waals surface area contributed by atoms with Crippen molar-refractivity contribution in [2.75, 3.05) is 13.2 Å². The number of aryl methyl sites for hydroxylation is 1. The standard InChI is InChI=1S/C21H18F3N3O2/c1-14-6-8-15(9-7-14)18-10-11-19(27-26-18)29-13-12-25-20(28)16-4-2-3-5-17(16)21(22,23)24/h2-11H,12-13H2,1H3,(H,25,28). The maximum atomic E-state index is 13.0. The van der Waals surface area contributed by atoms with Gasteiger partial charge < -0.3 is 10.1 Å². The van der Waals surface area contributed by atoms with E-state index in [2.05, 4.69) is 15.5 Å². The van der Waals surface area contributed by atoms with Crippen LogP contribution >= 0.6 is 0 Å². The average Bonchev–Trinajstić information content (AvgIpc) is 2.71. The molecule has 2 aromatic carbocycles. The molecule has 5 nitrogen and oxygen atoms in total. The number of carbonyl (C=O) groups is 1. The van der Waals surface area contributed by atoms with Crippen LogP contribution in [0.4, 0.5) is 13.2 Å². The van der Waals surface area contributed by atoms with Gasteiger partial charge in [0.05, 0.1) is 23.4 Å². The lowest BCUT2D eigenvalue weighted by Gasteiger charge is -2.12. The number of halogens is 3. The van der Waals surface area contributed by atoms with E-state index in [0.29, 0.717) is 5.69 Å².